The Morgan fingerprint density at radius 1 is 1.24 bits per heavy atom. The standard InChI is InChI=1S/C18H21Cl2N3O2/c1-2-12-6-8-13(9-7-12)23-18(21)22-10-14(24)11-25-16-5-3-4-15(19)17(16)20/h3-9,14,24H,2,10-11H2,1H3,(H3,21,22,23). The Bertz CT molecular complexity index is 721. The molecule has 1 atom stereocenters. The Kier molecular flexibility index (Phi) is 7.37. The van der Waals surface area contributed by atoms with E-state index in [0.29, 0.717) is 15.8 Å². The summed E-state index contributed by atoms with van der Waals surface area (Å²) in [5.41, 5.74) is 7.91. The lowest BCUT2D eigenvalue weighted by atomic mass is 10.1. The molecule has 0 aliphatic carbocycles. The SMILES string of the molecule is CCc1ccc(NC(N)=NCC(O)COc2cccc(Cl)c2Cl)cc1. The van der Waals surface area contributed by atoms with Crippen LogP contribution in [0.15, 0.2) is 47.5 Å². The van der Waals surface area contributed by atoms with Crippen LogP contribution in [-0.4, -0.2) is 30.3 Å². The fourth-order valence-corrected chi connectivity index (χ4v) is 2.40. The number of nitrogens with one attached hydrogen (secondary N) is 1. The Morgan fingerprint density at radius 2 is 1.96 bits per heavy atom. The van der Waals surface area contributed by atoms with Gasteiger partial charge in [0.05, 0.1) is 11.6 Å². The molecule has 0 aliphatic rings. The molecule has 2 aromatic rings. The average Bonchev–Trinajstić information content (AvgIpc) is 2.62. The number of anilines is 1. The Hall–Kier alpha value is -1.95. The van der Waals surface area contributed by atoms with Gasteiger partial charge in [0, 0.05) is 5.69 Å². The molecular weight excluding hydrogens is 361 g/mol. The smallest absolute Gasteiger partial charge is 0.193 e. The first kappa shape index (κ1) is 19.4. The van der Waals surface area contributed by atoms with Crippen LogP contribution in [0.5, 0.6) is 5.75 Å². The highest BCUT2D eigenvalue weighted by Gasteiger charge is 2.09. The number of benzene rings is 2. The molecule has 2 aromatic carbocycles. The maximum atomic E-state index is 9.96. The van der Waals surface area contributed by atoms with Gasteiger partial charge in [-0.3, -0.25) is 4.99 Å². The lowest BCUT2D eigenvalue weighted by Gasteiger charge is -2.13. The summed E-state index contributed by atoms with van der Waals surface area (Å²) >= 11 is 11.9. The summed E-state index contributed by atoms with van der Waals surface area (Å²) in [5.74, 6) is 0.642. The lowest BCUT2D eigenvalue weighted by molar-refractivity contribution is 0.114. The van der Waals surface area contributed by atoms with E-state index in [-0.39, 0.29) is 19.1 Å². The predicted molar refractivity (Wildman–Crippen MR) is 104 cm³/mol. The molecule has 25 heavy (non-hydrogen) atoms. The summed E-state index contributed by atoms with van der Waals surface area (Å²) in [6.45, 7) is 2.23. The van der Waals surface area contributed by atoms with Gasteiger partial charge in [-0.2, -0.15) is 0 Å². The lowest BCUT2D eigenvalue weighted by Crippen LogP contribution is -2.27. The second kappa shape index (κ2) is 9.51. The largest absolute Gasteiger partial charge is 0.489 e. The molecule has 0 fully saturated rings. The van der Waals surface area contributed by atoms with Crippen LogP contribution < -0.4 is 15.8 Å². The van der Waals surface area contributed by atoms with Gasteiger partial charge in [0.2, 0.25) is 0 Å². The van der Waals surface area contributed by atoms with Crippen molar-refractivity contribution in [2.75, 3.05) is 18.5 Å². The first-order valence-corrected chi connectivity index (χ1v) is 8.66. The average molecular weight is 382 g/mol. The van der Waals surface area contributed by atoms with E-state index in [4.69, 9.17) is 33.7 Å². The van der Waals surface area contributed by atoms with E-state index in [1.165, 1.54) is 5.56 Å². The number of aliphatic hydroxyl groups is 1. The van der Waals surface area contributed by atoms with Gasteiger partial charge in [-0.1, -0.05) is 48.3 Å². The van der Waals surface area contributed by atoms with E-state index in [9.17, 15) is 5.11 Å². The minimum Gasteiger partial charge on any atom is -0.489 e. The molecule has 5 nitrogen and oxygen atoms in total. The van der Waals surface area contributed by atoms with Crippen LogP contribution in [0.3, 0.4) is 0 Å². The van der Waals surface area contributed by atoms with E-state index in [1.807, 2.05) is 24.3 Å². The second-order valence-electron chi connectivity index (χ2n) is 5.42. The van der Waals surface area contributed by atoms with E-state index >= 15 is 0 Å². The number of ether oxygens (including phenoxy) is 1. The van der Waals surface area contributed by atoms with Crippen molar-refractivity contribution in [1.82, 2.24) is 0 Å². The quantitative estimate of drug-likeness (QED) is 0.504. The zero-order chi connectivity index (χ0) is 18.2. The third-order valence-electron chi connectivity index (χ3n) is 3.45. The van der Waals surface area contributed by atoms with Crippen molar-refractivity contribution in [3.8, 4) is 5.75 Å². The minimum atomic E-state index is -0.821. The first-order chi connectivity index (χ1) is 12.0. The molecule has 0 saturated heterocycles. The monoisotopic (exact) mass is 381 g/mol. The van der Waals surface area contributed by atoms with Crippen LogP contribution in [0.2, 0.25) is 10.0 Å². The number of guanidine groups is 1. The number of nitrogens with zero attached hydrogens (tertiary/aromatic N) is 1. The topological polar surface area (TPSA) is 79.9 Å². The van der Waals surface area contributed by atoms with E-state index in [0.717, 1.165) is 12.1 Å². The first-order valence-electron chi connectivity index (χ1n) is 7.90. The van der Waals surface area contributed by atoms with E-state index in [1.54, 1.807) is 18.2 Å². The van der Waals surface area contributed by atoms with E-state index in [2.05, 4.69) is 17.2 Å². The molecule has 0 bridgehead atoms. The summed E-state index contributed by atoms with van der Waals surface area (Å²) in [6, 6.07) is 13.0. The van der Waals surface area contributed by atoms with Gasteiger partial charge in [-0.05, 0) is 36.2 Å². The molecule has 0 aliphatic heterocycles. The van der Waals surface area contributed by atoms with Gasteiger partial charge in [0.1, 0.15) is 23.5 Å². The normalized spacial score (nSPS) is 12.7. The highest BCUT2D eigenvalue weighted by molar-refractivity contribution is 6.42. The van der Waals surface area contributed by atoms with Crippen LogP contribution in [0.25, 0.3) is 0 Å². The maximum absolute atomic E-state index is 9.96. The molecule has 1 unspecified atom stereocenters. The van der Waals surface area contributed by atoms with Gasteiger partial charge >= 0.3 is 0 Å². The predicted octanol–water partition coefficient (Wildman–Crippen LogP) is 3.72. The van der Waals surface area contributed by atoms with Gasteiger partial charge in [-0.25, -0.2) is 0 Å². The van der Waals surface area contributed by atoms with E-state index < -0.39 is 6.10 Å². The Labute approximate surface area is 157 Å². The summed E-state index contributed by atoms with van der Waals surface area (Å²) in [4.78, 5) is 4.11. The second-order valence-corrected chi connectivity index (χ2v) is 6.20. The number of nitrogens with two attached hydrogens (primary N) is 1. The fourth-order valence-electron chi connectivity index (χ4n) is 2.05. The maximum Gasteiger partial charge on any atom is 0.193 e. The van der Waals surface area contributed by atoms with Crippen LogP contribution >= 0.6 is 23.2 Å². The number of aliphatic imine (C=N–C) groups is 1. The molecule has 0 aromatic heterocycles. The Morgan fingerprint density at radius 3 is 2.64 bits per heavy atom. The summed E-state index contributed by atoms with van der Waals surface area (Å²) < 4.78 is 5.46. The molecule has 4 N–H and O–H groups in total. The third-order valence-corrected chi connectivity index (χ3v) is 4.26. The third kappa shape index (κ3) is 6.12. The van der Waals surface area contributed by atoms with Crippen LogP contribution in [-0.2, 0) is 6.42 Å². The minimum absolute atomic E-state index is 0.0298. The van der Waals surface area contributed by atoms with Gasteiger partial charge in [0.25, 0.3) is 0 Å². The summed E-state index contributed by atoms with van der Waals surface area (Å²) in [7, 11) is 0. The van der Waals surface area contributed by atoms with Gasteiger partial charge in [-0.15, -0.1) is 0 Å². The van der Waals surface area contributed by atoms with Crippen molar-refractivity contribution in [2.45, 2.75) is 19.4 Å². The zero-order valence-electron chi connectivity index (χ0n) is 13.9. The molecule has 2 rings (SSSR count). The number of hydrogen-bond acceptors (Lipinski definition) is 3. The van der Waals surface area contributed by atoms with Crippen LogP contribution in [0.1, 0.15) is 12.5 Å². The van der Waals surface area contributed by atoms with Gasteiger partial charge < -0.3 is 20.9 Å². The Balaban J connectivity index is 1.82. The van der Waals surface area contributed by atoms with Crippen molar-refractivity contribution in [1.29, 1.82) is 0 Å². The zero-order valence-corrected chi connectivity index (χ0v) is 15.4. The van der Waals surface area contributed by atoms with Crippen LogP contribution in [0, 0.1) is 0 Å². The molecule has 0 radical (unpaired) electrons. The number of halogens is 2. The summed E-state index contributed by atoms with van der Waals surface area (Å²) in [5, 5.41) is 13.7. The number of aliphatic hydroxyl groups excluding tert-OH is 1. The van der Waals surface area contributed by atoms with Crippen molar-refractivity contribution < 1.29 is 9.84 Å². The molecule has 0 saturated carbocycles. The number of hydrogen-bond donors (Lipinski definition) is 3. The molecule has 134 valence electrons. The highest BCUT2D eigenvalue weighted by Crippen LogP contribution is 2.31. The van der Waals surface area contributed by atoms with Gasteiger partial charge in [0.15, 0.2) is 5.96 Å². The number of rotatable bonds is 7. The van der Waals surface area contributed by atoms with Crippen molar-refractivity contribution in [3.05, 3.63) is 58.1 Å². The summed E-state index contributed by atoms with van der Waals surface area (Å²) in [6.07, 6.45) is 0.157. The molecule has 0 spiro atoms. The van der Waals surface area contributed by atoms with Crippen molar-refractivity contribution in [2.24, 2.45) is 10.7 Å². The molecule has 0 heterocycles. The molecule has 0 amide bonds. The van der Waals surface area contributed by atoms with Crippen molar-refractivity contribution in [3.63, 3.8) is 0 Å². The number of aryl methyl sites for hydroxylation is 1. The fraction of sp³-hybridized carbons (Fsp3) is 0.278. The molecule has 7 heteroatoms. The van der Waals surface area contributed by atoms with Crippen LogP contribution in [0.4, 0.5) is 5.69 Å². The van der Waals surface area contributed by atoms with Crippen molar-refractivity contribution >= 4 is 34.8 Å². The molecular formula is C18H21Cl2N3O2. The highest BCUT2D eigenvalue weighted by atomic mass is 35.5.